The number of sulfonamides is 1. The van der Waals surface area contributed by atoms with Crippen molar-refractivity contribution in [3.8, 4) is 0 Å². The van der Waals surface area contributed by atoms with Gasteiger partial charge in [0.25, 0.3) is 10.0 Å². The van der Waals surface area contributed by atoms with E-state index in [1.165, 1.54) is 19.2 Å². The standard InChI is InChI=1S/C12H18N2O5S/c1-18-12(15)10-4-5-11(19-10)20(16,17)14-8-9-3-2-6-13-7-9/h4-5,9,13-14H,2-3,6-8H2,1H3. The molecular weight excluding hydrogens is 284 g/mol. The Balaban J connectivity index is 1.98. The number of carbonyl (C=O) groups excluding carboxylic acids is 1. The fraction of sp³-hybridized carbons (Fsp3) is 0.583. The highest BCUT2D eigenvalue weighted by Crippen LogP contribution is 2.15. The molecule has 0 amide bonds. The minimum Gasteiger partial charge on any atom is -0.463 e. The van der Waals surface area contributed by atoms with Gasteiger partial charge in [-0.3, -0.25) is 0 Å². The third kappa shape index (κ3) is 3.59. The van der Waals surface area contributed by atoms with Crippen LogP contribution in [0.15, 0.2) is 21.6 Å². The first kappa shape index (κ1) is 15.0. The predicted molar refractivity (Wildman–Crippen MR) is 70.8 cm³/mol. The Hall–Kier alpha value is -1.38. The number of hydrogen-bond acceptors (Lipinski definition) is 6. The quantitative estimate of drug-likeness (QED) is 0.761. The predicted octanol–water partition coefficient (Wildman–Crippen LogP) is 0.344. The van der Waals surface area contributed by atoms with E-state index < -0.39 is 16.0 Å². The lowest BCUT2D eigenvalue weighted by Gasteiger charge is -2.22. The molecule has 1 aliphatic heterocycles. The van der Waals surface area contributed by atoms with Crippen molar-refractivity contribution in [3.05, 3.63) is 17.9 Å². The third-order valence-electron chi connectivity index (χ3n) is 3.19. The number of ether oxygens (including phenoxy) is 1. The monoisotopic (exact) mass is 302 g/mol. The summed E-state index contributed by atoms with van der Waals surface area (Å²) < 4.78 is 36.0. The zero-order valence-corrected chi connectivity index (χ0v) is 12.0. The molecule has 2 rings (SSSR count). The molecule has 1 aliphatic rings. The molecule has 1 aromatic heterocycles. The Morgan fingerprint density at radius 1 is 1.55 bits per heavy atom. The van der Waals surface area contributed by atoms with Gasteiger partial charge < -0.3 is 14.5 Å². The number of hydrogen-bond donors (Lipinski definition) is 2. The number of rotatable bonds is 5. The molecule has 2 heterocycles. The summed E-state index contributed by atoms with van der Waals surface area (Å²) in [4.78, 5) is 11.2. The Bertz CT molecular complexity index is 560. The first-order valence-corrected chi connectivity index (χ1v) is 7.90. The Labute approximate surface area is 117 Å². The molecule has 0 bridgehead atoms. The van der Waals surface area contributed by atoms with Crippen molar-refractivity contribution in [2.75, 3.05) is 26.7 Å². The van der Waals surface area contributed by atoms with Crippen molar-refractivity contribution in [3.63, 3.8) is 0 Å². The fourth-order valence-corrected chi connectivity index (χ4v) is 3.12. The molecular formula is C12H18N2O5S. The van der Waals surface area contributed by atoms with Gasteiger partial charge in [-0.1, -0.05) is 0 Å². The van der Waals surface area contributed by atoms with Gasteiger partial charge in [0.1, 0.15) is 0 Å². The van der Waals surface area contributed by atoms with Gasteiger partial charge in [0.2, 0.25) is 10.9 Å². The Morgan fingerprint density at radius 2 is 2.35 bits per heavy atom. The highest BCUT2D eigenvalue weighted by atomic mass is 32.2. The van der Waals surface area contributed by atoms with Gasteiger partial charge in [0.05, 0.1) is 7.11 Å². The van der Waals surface area contributed by atoms with Gasteiger partial charge in [-0.2, -0.15) is 0 Å². The molecule has 1 aromatic rings. The van der Waals surface area contributed by atoms with Crippen molar-refractivity contribution < 1.29 is 22.4 Å². The van der Waals surface area contributed by atoms with E-state index in [0.29, 0.717) is 6.54 Å². The summed E-state index contributed by atoms with van der Waals surface area (Å²) in [5, 5.41) is 2.94. The normalized spacial score (nSPS) is 19.8. The summed E-state index contributed by atoms with van der Waals surface area (Å²) in [7, 11) is -2.53. The topological polar surface area (TPSA) is 97.6 Å². The maximum Gasteiger partial charge on any atom is 0.374 e. The zero-order chi connectivity index (χ0) is 14.6. The van der Waals surface area contributed by atoms with Crippen LogP contribution in [-0.2, 0) is 14.8 Å². The number of piperidine rings is 1. The summed E-state index contributed by atoms with van der Waals surface area (Å²) in [6, 6.07) is 2.52. The van der Waals surface area contributed by atoms with Crippen LogP contribution in [0.25, 0.3) is 0 Å². The number of furan rings is 1. The molecule has 20 heavy (non-hydrogen) atoms. The van der Waals surface area contributed by atoms with Crippen LogP contribution >= 0.6 is 0 Å². The summed E-state index contributed by atoms with van der Waals surface area (Å²) in [6.07, 6.45) is 2.03. The van der Waals surface area contributed by atoms with E-state index in [9.17, 15) is 13.2 Å². The largest absolute Gasteiger partial charge is 0.463 e. The minimum atomic E-state index is -3.73. The lowest BCUT2D eigenvalue weighted by Crippen LogP contribution is -2.38. The van der Waals surface area contributed by atoms with Crippen LogP contribution < -0.4 is 10.0 Å². The lowest BCUT2D eigenvalue weighted by atomic mass is 10.0. The van der Waals surface area contributed by atoms with E-state index in [1.54, 1.807) is 0 Å². The molecule has 2 N–H and O–H groups in total. The molecule has 8 heteroatoms. The van der Waals surface area contributed by atoms with Gasteiger partial charge in [0.15, 0.2) is 0 Å². The highest BCUT2D eigenvalue weighted by molar-refractivity contribution is 7.89. The van der Waals surface area contributed by atoms with Gasteiger partial charge in [-0.25, -0.2) is 17.9 Å². The van der Waals surface area contributed by atoms with E-state index in [-0.39, 0.29) is 16.8 Å². The smallest absolute Gasteiger partial charge is 0.374 e. The SMILES string of the molecule is COC(=O)c1ccc(S(=O)(=O)NCC2CCCNC2)o1. The summed E-state index contributed by atoms with van der Waals surface area (Å²) >= 11 is 0. The first-order chi connectivity index (χ1) is 9.53. The molecule has 0 aromatic carbocycles. The van der Waals surface area contributed by atoms with Crippen molar-refractivity contribution >= 4 is 16.0 Å². The second kappa shape index (κ2) is 6.38. The number of esters is 1. The first-order valence-electron chi connectivity index (χ1n) is 6.41. The molecule has 0 aliphatic carbocycles. The highest BCUT2D eigenvalue weighted by Gasteiger charge is 2.23. The zero-order valence-electron chi connectivity index (χ0n) is 11.2. The second-order valence-electron chi connectivity index (χ2n) is 4.67. The van der Waals surface area contributed by atoms with Crippen LogP contribution in [0.4, 0.5) is 0 Å². The van der Waals surface area contributed by atoms with E-state index in [0.717, 1.165) is 25.9 Å². The third-order valence-corrected chi connectivity index (χ3v) is 4.49. The second-order valence-corrected chi connectivity index (χ2v) is 6.37. The number of carbonyl (C=O) groups is 1. The van der Waals surface area contributed by atoms with E-state index >= 15 is 0 Å². The average Bonchev–Trinajstić information content (AvgIpc) is 2.96. The number of methoxy groups -OCH3 is 1. The van der Waals surface area contributed by atoms with Crippen LogP contribution in [0.1, 0.15) is 23.4 Å². The van der Waals surface area contributed by atoms with Crippen molar-refractivity contribution in [2.45, 2.75) is 17.9 Å². The van der Waals surface area contributed by atoms with Crippen LogP contribution in [0, 0.1) is 5.92 Å². The molecule has 0 radical (unpaired) electrons. The number of nitrogens with one attached hydrogen (secondary N) is 2. The summed E-state index contributed by atoms with van der Waals surface area (Å²) in [6.45, 7) is 2.13. The van der Waals surface area contributed by atoms with Crippen LogP contribution in [0.3, 0.4) is 0 Å². The van der Waals surface area contributed by atoms with E-state index in [4.69, 9.17) is 4.42 Å². The van der Waals surface area contributed by atoms with Crippen LogP contribution in [0.2, 0.25) is 0 Å². The van der Waals surface area contributed by atoms with Crippen LogP contribution in [-0.4, -0.2) is 41.1 Å². The maximum absolute atomic E-state index is 12.0. The molecule has 0 saturated carbocycles. The van der Waals surface area contributed by atoms with Crippen molar-refractivity contribution in [1.82, 2.24) is 10.0 Å². The lowest BCUT2D eigenvalue weighted by molar-refractivity contribution is 0.0559. The molecule has 1 atom stereocenters. The van der Waals surface area contributed by atoms with Crippen LogP contribution in [0.5, 0.6) is 0 Å². The molecule has 0 spiro atoms. The van der Waals surface area contributed by atoms with E-state index in [2.05, 4.69) is 14.8 Å². The average molecular weight is 302 g/mol. The molecule has 1 saturated heterocycles. The van der Waals surface area contributed by atoms with Gasteiger partial charge in [-0.15, -0.1) is 0 Å². The minimum absolute atomic E-state index is 0.132. The Kier molecular flexibility index (Phi) is 4.79. The molecule has 1 fully saturated rings. The van der Waals surface area contributed by atoms with Gasteiger partial charge >= 0.3 is 5.97 Å². The summed E-state index contributed by atoms with van der Waals surface area (Å²) in [5.74, 6) is -0.566. The van der Waals surface area contributed by atoms with Gasteiger partial charge in [-0.05, 0) is 44.0 Å². The maximum atomic E-state index is 12.0. The summed E-state index contributed by atoms with van der Waals surface area (Å²) in [5.41, 5.74) is 0. The fourth-order valence-electron chi connectivity index (χ4n) is 2.07. The molecule has 1 unspecified atom stereocenters. The molecule has 112 valence electrons. The van der Waals surface area contributed by atoms with Crippen molar-refractivity contribution in [1.29, 1.82) is 0 Å². The van der Waals surface area contributed by atoms with Gasteiger partial charge in [0, 0.05) is 6.54 Å². The Morgan fingerprint density at radius 3 is 3.00 bits per heavy atom. The van der Waals surface area contributed by atoms with Crippen molar-refractivity contribution in [2.24, 2.45) is 5.92 Å². The molecule has 7 nitrogen and oxygen atoms in total. The van der Waals surface area contributed by atoms with E-state index in [1.807, 2.05) is 0 Å².